The van der Waals surface area contributed by atoms with Crippen LogP contribution in [-0.4, -0.2) is 20.5 Å². The van der Waals surface area contributed by atoms with E-state index in [1.165, 1.54) is 14.2 Å². The minimum absolute atomic E-state index is 0.0460. The molecule has 0 saturated carbocycles. The van der Waals surface area contributed by atoms with E-state index in [9.17, 15) is 0 Å². The SMILES string of the molecule is COC(OC)C(Cl)=C(Cl)Cl. The van der Waals surface area contributed by atoms with E-state index >= 15 is 0 Å². The van der Waals surface area contributed by atoms with Gasteiger partial charge in [-0.3, -0.25) is 0 Å². The first-order chi connectivity index (χ1) is 4.63. The van der Waals surface area contributed by atoms with Crippen molar-refractivity contribution in [3.63, 3.8) is 0 Å². The Kier molecular flexibility index (Phi) is 5.49. The number of halogens is 3. The van der Waals surface area contributed by atoms with Crippen LogP contribution in [0.5, 0.6) is 0 Å². The molecule has 0 heterocycles. The summed E-state index contributed by atoms with van der Waals surface area (Å²) in [6.45, 7) is 0. The summed E-state index contributed by atoms with van der Waals surface area (Å²) in [6.07, 6.45) is -0.674. The number of methoxy groups -OCH3 is 2. The van der Waals surface area contributed by atoms with Crippen LogP contribution in [0, 0.1) is 0 Å². The summed E-state index contributed by atoms with van der Waals surface area (Å²) >= 11 is 16.2. The molecule has 5 heteroatoms. The fraction of sp³-hybridized carbons (Fsp3) is 0.600. The largest absolute Gasteiger partial charge is 0.351 e. The molecule has 60 valence electrons. The Morgan fingerprint density at radius 3 is 1.60 bits per heavy atom. The highest BCUT2D eigenvalue weighted by molar-refractivity contribution is 6.59. The van der Waals surface area contributed by atoms with E-state index in [-0.39, 0.29) is 9.52 Å². The van der Waals surface area contributed by atoms with E-state index in [1.807, 2.05) is 0 Å². The lowest BCUT2D eigenvalue weighted by atomic mass is 10.6. The van der Waals surface area contributed by atoms with Gasteiger partial charge in [0, 0.05) is 14.2 Å². The average molecular weight is 205 g/mol. The van der Waals surface area contributed by atoms with Gasteiger partial charge in [0.25, 0.3) is 0 Å². The first-order valence-electron chi connectivity index (χ1n) is 2.39. The summed E-state index contributed by atoms with van der Waals surface area (Å²) in [5, 5.41) is 0.147. The molecule has 0 aromatic carbocycles. The Morgan fingerprint density at radius 1 is 1.10 bits per heavy atom. The maximum atomic E-state index is 5.55. The lowest BCUT2D eigenvalue weighted by Crippen LogP contribution is -2.13. The number of hydrogen-bond acceptors (Lipinski definition) is 2. The molecule has 0 spiro atoms. The Labute approximate surface area is 74.6 Å². The molecule has 0 amide bonds. The molecule has 0 aliphatic carbocycles. The van der Waals surface area contributed by atoms with Gasteiger partial charge in [0.05, 0.1) is 0 Å². The van der Waals surface area contributed by atoms with Gasteiger partial charge in [-0.15, -0.1) is 0 Å². The molecule has 0 radical (unpaired) electrons. The molecule has 0 aromatic heterocycles. The zero-order valence-corrected chi connectivity index (χ0v) is 7.80. The molecule has 2 nitrogen and oxygen atoms in total. The molecule has 0 atom stereocenters. The second-order valence-corrected chi connectivity index (χ2v) is 2.77. The quantitative estimate of drug-likeness (QED) is 0.659. The average Bonchev–Trinajstić information content (AvgIpc) is 1.90. The van der Waals surface area contributed by atoms with Gasteiger partial charge in [-0.25, -0.2) is 0 Å². The molecule has 0 aliphatic rings. The summed E-state index contributed by atoms with van der Waals surface area (Å²) in [6, 6.07) is 0. The molecule has 0 unspecified atom stereocenters. The third-order valence-corrected chi connectivity index (χ3v) is 1.78. The Morgan fingerprint density at radius 2 is 1.50 bits per heavy atom. The molecule has 0 aromatic rings. The molecular weight excluding hydrogens is 198 g/mol. The number of hydrogen-bond donors (Lipinski definition) is 0. The van der Waals surface area contributed by atoms with Crippen LogP contribution < -0.4 is 0 Å². The van der Waals surface area contributed by atoms with E-state index in [2.05, 4.69) is 0 Å². The third kappa shape index (κ3) is 3.08. The van der Waals surface area contributed by atoms with Gasteiger partial charge in [0.15, 0.2) is 6.29 Å². The molecule has 0 N–H and O–H groups in total. The molecule has 0 rings (SSSR count). The van der Waals surface area contributed by atoms with Crippen molar-refractivity contribution in [1.29, 1.82) is 0 Å². The minimum Gasteiger partial charge on any atom is -0.351 e. The summed E-state index contributed by atoms with van der Waals surface area (Å²) in [7, 11) is 2.88. The third-order valence-electron chi connectivity index (χ3n) is 0.816. The molecule has 0 saturated heterocycles. The second-order valence-electron chi connectivity index (χ2n) is 1.41. The van der Waals surface area contributed by atoms with E-state index in [0.717, 1.165) is 0 Å². The first kappa shape index (κ1) is 10.5. The maximum absolute atomic E-state index is 5.55. The predicted octanol–water partition coefficient (Wildman–Crippen LogP) is 2.49. The van der Waals surface area contributed by atoms with Gasteiger partial charge in [-0.05, 0) is 0 Å². The van der Waals surface area contributed by atoms with Crippen LogP contribution in [-0.2, 0) is 9.47 Å². The van der Waals surface area contributed by atoms with Gasteiger partial charge < -0.3 is 9.47 Å². The number of rotatable bonds is 3. The zero-order chi connectivity index (χ0) is 8.15. The monoisotopic (exact) mass is 204 g/mol. The highest BCUT2D eigenvalue weighted by Crippen LogP contribution is 2.22. The van der Waals surface area contributed by atoms with Gasteiger partial charge in [-0.1, -0.05) is 34.8 Å². The lowest BCUT2D eigenvalue weighted by Gasteiger charge is -2.11. The van der Waals surface area contributed by atoms with Crippen molar-refractivity contribution in [1.82, 2.24) is 0 Å². The van der Waals surface area contributed by atoms with Gasteiger partial charge in [0.2, 0.25) is 0 Å². The van der Waals surface area contributed by atoms with E-state index < -0.39 is 6.29 Å². The fourth-order valence-corrected chi connectivity index (χ4v) is 0.749. The first-order valence-corrected chi connectivity index (χ1v) is 3.53. The smallest absolute Gasteiger partial charge is 0.196 e. The van der Waals surface area contributed by atoms with E-state index in [4.69, 9.17) is 44.3 Å². The lowest BCUT2D eigenvalue weighted by molar-refractivity contribution is -0.0699. The van der Waals surface area contributed by atoms with Crippen molar-refractivity contribution in [3.8, 4) is 0 Å². The van der Waals surface area contributed by atoms with Crippen LogP contribution in [0.2, 0.25) is 0 Å². The zero-order valence-electron chi connectivity index (χ0n) is 5.53. The highest BCUT2D eigenvalue weighted by atomic mass is 35.5. The van der Waals surface area contributed by atoms with Crippen LogP contribution in [0.25, 0.3) is 0 Å². The molecule has 0 aliphatic heterocycles. The van der Waals surface area contributed by atoms with Crippen LogP contribution >= 0.6 is 34.8 Å². The Bertz CT molecular complexity index is 127. The maximum Gasteiger partial charge on any atom is 0.196 e. The van der Waals surface area contributed by atoms with Crippen LogP contribution in [0.15, 0.2) is 9.52 Å². The second kappa shape index (κ2) is 5.22. The van der Waals surface area contributed by atoms with Crippen molar-refractivity contribution in [3.05, 3.63) is 9.52 Å². The summed E-state index contributed by atoms with van der Waals surface area (Å²) in [4.78, 5) is 0. The van der Waals surface area contributed by atoms with Gasteiger partial charge in [0.1, 0.15) is 9.52 Å². The Balaban J connectivity index is 4.15. The molecule has 0 bridgehead atoms. The topological polar surface area (TPSA) is 18.5 Å². The fourth-order valence-electron chi connectivity index (χ4n) is 0.392. The summed E-state index contributed by atoms with van der Waals surface area (Å²) in [5.74, 6) is 0. The minimum atomic E-state index is -0.674. The normalized spacial score (nSPS) is 10.2. The van der Waals surface area contributed by atoms with E-state index in [1.54, 1.807) is 0 Å². The summed E-state index contributed by atoms with van der Waals surface area (Å²) in [5.41, 5.74) is 0. The van der Waals surface area contributed by atoms with Crippen LogP contribution in [0.1, 0.15) is 0 Å². The predicted molar refractivity (Wildman–Crippen MR) is 42.4 cm³/mol. The molecule has 10 heavy (non-hydrogen) atoms. The van der Waals surface area contributed by atoms with E-state index in [0.29, 0.717) is 0 Å². The van der Waals surface area contributed by atoms with Crippen molar-refractivity contribution in [2.24, 2.45) is 0 Å². The van der Waals surface area contributed by atoms with Crippen molar-refractivity contribution >= 4 is 34.8 Å². The standard InChI is InChI=1S/C5H7Cl3O2/c1-9-5(10-2)3(6)4(7)8/h5H,1-2H3. The molecular formula is C5H7Cl3O2. The Hall–Kier alpha value is 0.530. The van der Waals surface area contributed by atoms with Crippen molar-refractivity contribution in [2.45, 2.75) is 6.29 Å². The van der Waals surface area contributed by atoms with Crippen LogP contribution in [0.4, 0.5) is 0 Å². The highest BCUT2D eigenvalue weighted by Gasteiger charge is 2.12. The summed E-state index contributed by atoms with van der Waals surface area (Å²) < 4.78 is 9.44. The van der Waals surface area contributed by atoms with Crippen LogP contribution in [0.3, 0.4) is 0 Å². The van der Waals surface area contributed by atoms with Crippen molar-refractivity contribution < 1.29 is 9.47 Å². The van der Waals surface area contributed by atoms with Crippen molar-refractivity contribution in [2.75, 3.05) is 14.2 Å². The molecule has 0 fully saturated rings. The number of ether oxygens (including phenoxy) is 2. The van der Waals surface area contributed by atoms with Gasteiger partial charge >= 0.3 is 0 Å². The van der Waals surface area contributed by atoms with Gasteiger partial charge in [-0.2, -0.15) is 0 Å².